The molecule has 98 valence electrons. The number of carboxylic acid groups (broad SMARTS) is 1. The molecule has 1 aromatic carbocycles. The van der Waals surface area contributed by atoms with Crippen LogP contribution in [-0.4, -0.2) is 34.7 Å². The van der Waals surface area contributed by atoms with E-state index in [0.29, 0.717) is 6.07 Å². The topological polar surface area (TPSA) is 86.6 Å². The Labute approximate surface area is 101 Å². The maximum atomic E-state index is 12.8. The molecular weight excluding hydrogens is 248 g/mol. The number of aliphatic hydroxyl groups is 1. The van der Waals surface area contributed by atoms with Gasteiger partial charge < -0.3 is 15.5 Å². The highest BCUT2D eigenvalue weighted by Crippen LogP contribution is 2.07. The number of aliphatic carboxylic acids is 1. The second-order valence-electron chi connectivity index (χ2n) is 3.56. The number of hydrogen-bond acceptors (Lipinski definition) is 3. The molecule has 0 saturated carbocycles. The number of carbonyl (C=O) groups excluding carboxylic acids is 1. The quantitative estimate of drug-likeness (QED) is 0.720. The molecule has 0 aliphatic rings. The summed E-state index contributed by atoms with van der Waals surface area (Å²) < 4.78 is 25.6. The highest BCUT2D eigenvalue weighted by Gasteiger charge is 2.14. The number of amides is 1. The fourth-order valence-corrected chi connectivity index (χ4v) is 1.23. The van der Waals surface area contributed by atoms with Gasteiger partial charge in [0.2, 0.25) is 0 Å². The monoisotopic (exact) mass is 259 g/mol. The molecule has 0 aromatic heterocycles. The third-order valence-corrected chi connectivity index (χ3v) is 2.11. The minimum Gasteiger partial charge on any atom is -0.479 e. The molecule has 0 aliphatic heterocycles. The molecular formula is C11H11F2NO4. The molecule has 7 heteroatoms. The number of benzene rings is 1. The van der Waals surface area contributed by atoms with Gasteiger partial charge in [0, 0.05) is 24.6 Å². The van der Waals surface area contributed by atoms with E-state index in [0.717, 1.165) is 12.1 Å². The Bertz CT molecular complexity index is 444. The first-order chi connectivity index (χ1) is 8.40. The van der Waals surface area contributed by atoms with Crippen molar-refractivity contribution < 1.29 is 28.6 Å². The van der Waals surface area contributed by atoms with E-state index in [-0.39, 0.29) is 18.5 Å². The van der Waals surface area contributed by atoms with Crippen LogP contribution < -0.4 is 5.32 Å². The van der Waals surface area contributed by atoms with Crippen molar-refractivity contribution in [3.63, 3.8) is 0 Å². The molecule has 0 saturated heterocycles. The van der Waals surface area contributed by atoms with Gasteiger partial charge in [-0.3, -0.25) is 4.79 Å². The maximum Gasteiger partial charge on any atom is 0.332 e. The summed E-state index contributed by atoms with van der Waals surface area (Å²) in [6.45, 7) is -0.121. The first-order valence-corrected chi connectivity index (χ1v) is 5.05. The molecule has 1 aromatic rings. The van der Waals surface area contributed by atoms with Crippen LogP contribution in [-0.2, 0) is 4.79 Å². The summed E-state index contributed by atoms with van der Waals surface area (Å²) in [6, 6.07) is 2.34. The Balaban J connectivity index is 2.53. The van der Waals surface area contributed by atoms with Crippen molar-refractivity contribution >= 4 is 11.9 Å². The Kier molecular flexibility index (Phi) is 4.73. The van der Waals surface area contributed by atoms with Crippen LogP contribution in [0.4, 0.5) is 8.78 Å². The lowest BCUT2D eigenvalue weighted by atomic mass is 10.2. The predicted molar refractivity (Wildman–Crippen MR) is 57.0 cm³/mol. The van der Waals surface area contributed by atoms with E-state index in [1.807, 2.05) is 0 Å². The Morgan fingerprint density at radius 3 is 2.28 bits per heavy atom. The van der Waals surface area contributed by atoms with E-state index in [1.54, 1.807) is 0 Å². The van der Waals surface area contributed by atoms with E-state index >= 15 is 0 Å². The minimum atomic E-state index is -1.59. The number of hydrogen-bond donors (Lipinski definition) is 3. The Morgan fingerprint density at radius 2 is 1.78 bits per heavy atom. The highest BCUT2D eigenvalue weighted by molar-refractivity contribution is 5.94. The summed E-state index contributed by atoms with van der Waals surface area (Å²) in [5.41, 5.74) is -0.211. The molecule has 5 nitrogen and oxygen atoms in total. The van der Waals surface area contributed by atoms with Crippen molar-refractivity contribution in [3.05, 3.63) is 35.4 Å². The molecule has 18 heavy (non-hydrogen) atoms. The van der Waals surface area contributed by atoms with Gasteiger partial charge in [-0.25, -0.2) is 13.6 Å². The summed E-state index contributed by atoms with van der Waals surface area (Å²) in [6.07, 6.45) is -1.78. The van der Waals surface area contributed by atoms with E-state index in [4.69, 9.17) is 10.2 Å². The summed E-state index contributed by atoms with van der Waals surface area (Å²) in [5.74, 6) is -3.91. The van der Waals surface area contributed by atoms with E-state index in [1.165, 1.54) is 0 Å². The molecule has 1 amide bonds. The van der Waals surface area contributed by atoms with E-state index < -0.39 is 29.6 Å². The molecule has 3 N–H and O–H groups in total. The molecule has 0 heterocycles. The van der Waals surface area contributed by atoms with Crippen molar-refractivity contribution in [1.82, 2.24) is 5.32 Å². The molecule has 0 radical (unpaired) electrons. The number of nitrogens with one attached hydrogen (secondary N) is 1. The van der Waals surface area contributed by atoms with Gasteiger partial charge >= 0.3 is 5.97 Å². The molecule has 1 atom stereocenters. The lowest BCUT2D eigenvalue weighted by Gasteiger charge is -2.07. The summed E-state index contributed by atoms with van der Waals surface area (Å²) in [5, 5.41) is 19.5. The number of aliphatic hydroxyl groups excluding tert-OH is 1. The molecule has 0 bridgehead atoms. The van der Waals surface area contributed by atoms with Gasteiger partial charge in [0.1, 0.15) is 11.6 Å². The zero-order chi connectivity index (χ0) is 13.7. The van der Waals surface area contributed by atoms with Gasteiger partial charge in [-0.15, -0.1) is 0 Å². The zero-order valence-corrected chi connectivity index (χ0v) is 9.19. The van der Waals surface area contributed by atoms with Gasteiger partial charge in [0.05, 0.1) is 0 Å². The standard InChI is InChI=1S/C11H11F2NO4/c12-7-3-6(4-8(13)5-7)10(16)14-2-1-9(15)11(17)18/h3-5,9,15H,1-2H2,(H,14,16)(H,17,18). The average molecular weight is 259 g/mol. The van der Waals surface area contributed by atoms with Crippen molar-refractivity contribution in [1.29, 1.82) is 0 Å². The number of carbonyl (C=O) groups is 2. The van der Waals surface area contributed by atoms with Crippen molar-refractivity contribution in [2.45, 2.75) is 12.5 Å². The molecule has 1 rings (SSSR count). The van der Waals surface area contributed by atoms with Gasteiger partial charge in [-0.05, 0) is 12.1 Å². The SMILES string of the molecule is O=C(NCCC(O)C(=O)O)c1cc(F)cc(F)c1. The largest absolute Gasteiger partial charge is 0.479 e. The zero-order valence-electron chi connectivity index (χ0n) is 9.19. The van der Waals surface area contributed by atoms with Crippen LogP contribution in [0.3, 0.4) is 0 Å². The number of halogens is 2. The second-order valence-corrected chi connectivity index (χ2v) is 3.56. The van der Waals surface area contributed by atoms with Crippen LogP contribution in [0.2, 0.25) is 0 Å². The van der Waals surface area contributed by atoms with Crippen LogP contribution in [0.25, 0.3) is 0 Å². The van der Waals surface area contributed by atoms with E-state index in [2.05, 4.69) is 5.32 Å². The van der Waals surface area contributed by atoms with Crippen LogP contribution in [0, 0.1) is 11.6 Å². The summed E-state index contributed by atoms with van der Waals surface area (Å²) in [7, 11) is 0. The van der Waals surface area contributed by atoms with Gasteiger partial charge in [0.25, 0.3) is 5.91 Å². The highest BCUT2D eigenvalue weighted by atomic mass is 19.1. The molecule has 0 aliphatic carbocycles. The molecule has 0 fully saturated rings. The summed E-state index contributed by atoms with van der Waals surface area (Å²) >= 11 is 0. The lowest BCUT2D eigenvalue weighted by Crippen LogP contribution is -2.30. The van der Waals surface area contributed by atoms with Crippen molar-refractivity contribution in [2.75, 3.05) is 6.54 Å². The predicted octanol–water partition coefficient (Wildman–Crippen LogP) is 0.530. The fraction of sp³-hybridized carbons (Fsp3) is 0.273. The number of rotatable bonds is 5. The van der Waals surface area contributed by atoms with Gasteiger partial charge in [0.15, 0.2) is 6.10 Å². The van der Waals surface area contributed by atoms with Crippen LogP contribution in [0.15, 0.2) is 18.2 Å². The fourth-order valence-electron chi connectivity index (χ4n) is 1.23. The van der Waals surface area contributed by atoms with Crippen LogP contribution in [0.5, 0.6) is 0 Å². The Morgan fingerprint density at radius 1 is 1.22 bits per heavy atom. The average Bonchev–Trinajstić information content (AvgIpc) is 2.27. The van der Waals surface area contributed by atoms with Crippen molar-refractivity contribution in [3.8, 4) is 0 Å². The smallest absolute Gasteiger partial charge is 0.332 e. The first-order valence-electron chi connectivity index (χ1n) is 5.05. The van der Waals surface area contributed by atoms with Crippen LogP contribution in [0.1, 0.15) is 16.8 Å². The number of carboxylic acids is 1. The van der Waals surface area contributed by atoms with E-state index in [9.17, 15) is 18.4 Å². The van der Waals surface area contributed by atoms with Gasteiger partial charge in [-0.1, -0.05) is 0 Å². The normalized spacial score (nSPS) is 11.9. The van der Waals surface area contributed by atoms with Gasteiger partial charge in [-0.2, -0.15) is 0 Å². The molecule has 0 spiro atoms. The maximum absolute atomic E-state index is 12.8. The molecule has 1 unspecified atom stereocenters. The lowest BCUT2D eigenvalue weighted by molar-refractivity contribution is -0.146. The minimum absolute atomic E-state index is 0.121. The summed E-state index contributed by atoms with van der Waals surface area (Å²) in [4.78, 5) is 21.7. The first kappa shape index (κ1) is 14.0. The van der Waals surface area contributed by atoms with Crippen LogP contribution >= 0.6 is 0 Å². The van der Waals surface area contributed by atoms with Crippen molar-refractivity contribution in [2.24, 2.45) is 0 Å². The third-order valence-electron chi connectivity index (χ3n) is 2.11. The Hall–Kier alpha value is -2.02. The third kappa shape index (κ3) is 4.10. The second kappa shape index (κ2) is 6.06.